The molecule has 16 rings (SSSR count). The van der Waals surface area contributed by atoms with Gasteiger partial charge in [0, 0.05) is 60.8 Å². The zero-order valence-electron chi connectivity index (χ0n) is 40.6. The molecule has 12 aromatic rings. The van der Waals surface area contributed by atoms with Crippen LogP contribution in [0.5, 0.6) is 0 Å². The van der Waals surface area contributed by atoms with Crippen molar-refractivity contribution in [3.8, 4) is 34.2 Å². The van der Waals surface area contributed by atoms with Crippen molar-refractivity contribution in [2.24, 2.45) is 5.92 Å². The monoisotopic (exact) mass is 952 g/mol. The van der Waals surface area contributed by atoms with E-state index in [2.05, 4.69) is 199 Å². The van der Waals surface area contributed by atoms with Gasteiger partial charge >= 0.3 is 0 Å². The molecule has 0 radical (unpaired) electrons. The van der Waals surface area contributed by atoms with Gasteiger partial charge in [-0.2, -0.15) is 0 Å². The SMILES string of the molecule is C1=CCC(n2c3c(c4cc(-c5nc(-c6ccc7c(c6)oc6ccccc67)nc(-c6cc(C7CCc8cc9ccccc9cc8C8c9ccccc9C=CC78)c7oc8ccccc8c7c6)n5)ccc42)CCC=C3)C=C1. The first-order valence-corrected chi connectivity index (χ1v) is 26.2. The lowest BCUT2D eigenvalue weighted by molar-refractivity contribution is 0.447. The maximum atomic E-state index is 7.04. The number of aromatic nitrogens is 4. The van der Waals surface area contributed by atoms with Crippen molar-refractivity contribution < 1.29 is 8.83 Å². The molecule has 352 valence electrons. The van der Waals surface area contributed by atoms with Crippen LogP contribution in [0.3, 0.4) is 0 Å². The molecule has 0 bridgehead atoms. The molecule has 0 saturated heterocycles. The molecule has 0 N–H and O–H groups in total. The molecule has 4 aliphatic rings. The van der Waals surface area contributed by atoms with E-state index in [0.29, 0.717) is 17.5 Å². The highest BCUT2D eigenvalue weighted by Crippen LogP contribution is 2.53. The van der Waals surface area contributed by atoms with Crippen molar-refractivity contribution in [1.82, 2.24) is 19.5 Å². The van der Waals surface area contributed by atoms with Crippen LogP contribution in [0, 0.1) is 5.92 Å². The molecule has 0 amide bonds. The van der Waals surface area contributed by atoms with E-state index in [0.717, 1.165) is 92.7 Å². The van der Waals surface area contributed by atoms with Crippen LogP contribution < -0.4 is 0 Å². The molecule has 4 heterocycles. The van der Waals surface area contributed by atoms with Crippen LogP contribution in [0.2, 0.25) is 0 Å². The standard InChI is InChI=1S/C68H48N4O2/c1-2-17-47(18-3-1)72-59-23-11-8-20-50(59)56-36-44(29-33-60(56)72)66-69-67(45-28-31-53-51-21-9-12-24-61(51)73-63(53)39-45)71-68(70-66)46-37-57(65-58(38-46)52-22-10-13-25-62(52)74-65)49-30-27-43-34-41-15-4-5-16-42(41)35-55(43)64-48-19-7-6-14-40(48)26-32-54(49)64/h1-7,9-17,19,21-26,28-29,31-39,47,49,54,64H,8,18,20,27,30H2. The third kappa shape index (κ3) is 6.47. The van der Waals surface area contributed by atoms with E-state index >= 15 is 0 Å². The van der Waals surface area contributed by atoms with Crippen molar-refractivity contribution in [2.75, 3.05) is 0 Å². The minimum atomic E-state index is 0.112. The Balaban J connectivity index is 0.915. The molecular formula is C68H48N4O2. The van der Waals surface area contributed by atoms with Gasteiger partial charge in [-0.05, 0) is 149 Å². The number of hydrogen-bond donors (Lipinski definition) is 0. The van der Waals surface area contributed by atoms with E-state index in [9.17, 15) is 0 Å². The van der Waals surface area contributed by atoms with Gasteiger partial charge in [-0.1, -0.05) is 146 Å². The molecule has 6 nitrogen and oxygen atoms in total. The summed E-state index contributed by atoms with van der Waals surface area (Å²) in [7, 11) is 0. The summed E-state index contributed by atoms with van der Waals surface area (Å²) < 4.78 is 16.0. The summed E-state index contributed by atoms with van der Waals surface area (Å²) in [5.41, 5.74) is 16.8. The number of nitrogens with zero attached hydrogens (tertiary/aromatic N) is 4. The van der Waals surface area contributed by atoms with Crippen LogP contribution in [0.25, 0.3) is 112 Å². The van der Waals surface area contributed by atoms with Crippen molar-refractivity contribution in [2.45, 2.75) is 50.0 Å². The molecule has 0 fully saturated rings. The second-order valence-electron chi connectivity index (χ2n) is 20.8. The lowest BCUT2D eigenvalue weighted by Crippen LogP contribution is -2.22. The maximum absolute atomic E-state index is 7.04. The Morgan fingerprint density at radius 3 is 2.07 bits per heavy atom. The first kappa shape index (κ1) is 41.7. The topological polar surface area (TPSA) is 69.9 Å². The second-order valence-corrected chi connectivity index (χ2v) is 20.8. The van der Waals surface area contributed by atoms with Gasteiger partial charge in [-0.15, -0.1) is 0 Å². The zero-order valence-corrected chi connectivity index (χ0v) is 40.6. The first-order chi connectivity index (χ1) is 36.6. The van der Waals surface area contributed by atoms with E-state index in [1.807, 2.05) is 12.1 Å². The molecule has 4 atom stereocenters. The van der Waals surface area contributed by atoms with Crippen LogP contribution in [0.1, 0.15) is 76.2 Å². The summed E-state index contributed by atoms with van der Waals surface area (Å²) in [6, 6.07) is 57.5. The molecule has 74 heavy (non-hydrogen) atoms. The highest BCUT2D eigenvalue weighted by molar-refractivity contribution is 6.08. The average molecular weight is 953 g/mol. The van der Waals surface area contributed by atoms with Crippen molar-refractivity contribution in [3.63, 3.8) is 0 Å². The molecule has 0 aliphatic heterocycles. The number of benzene rings is 8. The maximum Gasteiger partial charge on any atom is 0.164 e. The quantitative estimate of drug-likeness (QED) is 0.172. The highest BCUT2D eigenvalue weighted by Gasteiger charge is 2.39. The van der Waals surface area contributed by atoms with E-state index in [1.165, 1.54) is 60.8 Å². The molecule has 8 aromatic carbocycles. The van der Waals surface area contributed by atoms with Gasteiger partial charge in [0.2, 0.25) is 0 Å². The Hall–Kier alpha value is -8.87. The third-order valence-corrected chi connectivity index (χ3v) is 16.7. The number of aryl methyl sites for hydroxylation is 2. The van der Waals surface area contributed by atoms with Crippen LogP contribution in [-0.4, -0.2) is 19.5 Å². The highest BCUT2D eigenvalue weighted by atomic mass is 16.3. The van der Waals surface area contributed by atoms with Crippen LogP contribution >= 0.6 is 0 Å². The first-order valence-electron chi connectivity index (χ1n) is 26.2. The van der Waals surface area contributed by atoms with E-state index in [-0.39, 0.29) is 23.8 Å². The van der Waals surface area contributed by atoms with Gasteiger partial charge < -0.3 is 13.4 Å². The summed E-state index contributed by atoms with van der Waals surface area (Å²) in [6.07, 6.45) is 23.3. The summed E-state index contributed by atoms with van der Waals surface area (Å²) in [5.74, 6) is 2.28. The van der Waals surface area contributed by atoms with Gasteiger partial charge in [0.25, 0.3) is 0 Å². The Morgan fingerprint density at radius 1 is 0.500 bits per heavy atom. The van der Waals surface area contributed by atoms with E-state index in [4.69, 9.17) is 23.8 Å². The third-order valence-electron chi connectivity index (χ3n) is 16.7. The van der Waals surface area contributed by atoms with Gasteiger partial charge in [0.15, 0.2) is 17.5 Å². The Kier molecular flexibility index (Phi) is 9.20. The Bertz CT molecular complexity index is 4460. The summed E-state index contributed by atoms with van der Waals surface area (Å²) >= 11 is 0. The van der Waals surface area contributed by atoms with E-state index in [1.54, 1.807) is 0 Å². The number of hydrogen-bond acceptors (Lipinski definition) is 5. The predicted octanol–water partition coefficient (Wildman–Crippen LogP) is 17.3. The van der Waals surface area contributed by atoms with Crippen molar-refractivity contribution in [3.05, 3.63) is 233 Å². The fourth-order valence-electron chi connectivity index (χ4n) is 13.3. The van der Waals surface area contributed by atoms with E-state index < -0.39 is 0 Å². The van der Waals surface area contributed by atoms with Gasteiger partial charge in [-0.3, -0.25) is 0 Å². The van der Waals surface area contributed by atoms with Gasteiger partial charge in [0.05, 0.1) is 6.04 Å². The second kappa shape index (κ2) is 16.3. The van der Waals surface area contributed by atoms with Gasteiger partial charge in [0.1, 0.15) is 22.3 Å². The lowest BCUT2D eigenvalue weighted by Gasteiger charge is -2.35. The number of para-hydroxylation sites is 2. The average Bonchev–Trinajstić information content (AvgIpc) is 4.12. The lowest BCUT2D eigenvalue weighted by atomic mass is 9.68. The molecule has 4 aliphatic carbocycles. The smallest absolute Gasteiger partial charge is 0.164 e. The largest absolute Gasteiger partial charge is 0.456 e. The van der Waals surface area contributed by atoms with Crippen LogP contribution in [0.4, 0.5) is 0 Å². The van der Waals surface area contributed by atoms with Crippen molar-refractivity contribution in [1.29, 1.82) is 0 Å². The molecule has 4 aromatic heterocycles. The Labute approximate surface area is 427 Å². The zero-order chi connectivity index (χ0) is 48.4. The fraction of sp³-hybridized carbons (Fsp3) is 0.132. The summed E-state index contributed by atoms with van der Waals surface area (Å²) in [4.78, 5) is 16.4. The van der Waals surface area contributed by atoms with Gasteiger partial charge in [-0.25, -0.2) is 15.0 Å². The molecule has 0 spiro atoms. The molecular weight excluding hydrogens is 905 g/mol. The molecule has 4 unspecified atom stereocenters. The van der Waals surface area contributed by atoms with Crippen LogP contribution in [-0.2, 0) is 12.8 Å². The number of rotatable bonds is 5. The minimum absolute atomic E-state index is 0.112. The fourth-order valence-corrected chi connectivity index (χ4v) is 13.3. The summed E-state index contributed by atoms with van der Waals surface area (Å²) in [6.45, 7) is 0. The molecule has 6 heteroatoms. The van der Waals surface area contributed by atoms with Crippen LogP contribution in [0.15, 0.2) is 203 Å². The Morgan fingerprint density at radius 2 is 1.22 bits per heavy atom. The van der Waals surface area contributed by atoms with Crippen molar-refractivity contribution >= 4 is 77.7 Å². The normalized spacial score (nSPS) is 18.9. The molecule has 0 saturated carbocycles. The number of fused-ring (bicyclic) bond motifs is 15. The minimum Gasteiger partial charge on any atom is -0.456 e. The predicted molar refractivity (Wildman–Crippen MR) is 301 cm³/mol. The number of allylic oxidation sites excluding steroid dienone is 6. The summed E-state index contributed by atoms with van der Waals surface area (Å²) in [5, 5.41) is 8.13. The number of furan rings is 2.